The molecule has 1 aromatic carbocycles. The molecule has 1 fully saturated rings. The Kier molecular flexibility index (Phi) is 2.64. The number of aliphatic hydroxyl groups excluding tert-OH is 1. The van der Waals surface area contributed by atoms with Crippen LogP contribution in [0.2, 0.25) is 0 Å². The Bertz CT molecular complexity index is 483. The third kappa shape index (κ3) is 1.85. The molecule has 90 valence electrons. The van der Waals surface area contributed by atoms with Gasteiger partial charge in [-0.3, -0.25) is 4.79 Å². The zero-order chi connectivity index (χ0) is 12.0. The molecule has 0 saturated heterocycles. The maximum Gasteiger partial charge on any atom is 0.142 e. The molecule has 2 aliphatic rings. The van der Waals surface area contributed by atoms with Crippen molar-refractivity contribution < 1.29 is 9.90 Å². The van der Waals surface area contributed by atoms with Crippen LogP contribution >= 0.6 is 15.9 Å². The molecule has 0 aliphatic heterocycles. The monoisotopic (exact) mass is 294 g/mol. The van der Waals surface area contributed by atoms with Gasteiger partial charge in [-0.15, -0.1) is 0 Å². The summed E-state index contributed by atoms with van der Waals surface area (Å²) in [7, 11) is 0. The smallest absolute Gasteiger partial charge is 0.142 e. The van der Waals surface area contributed by atoms with E-state index in [-0.39, 0.29) is 11.2 Å². The molecule has 2 atom stereocenters. The number of carbonyl (C=O) groups excluding carboxylic acids is 1. The van der Waals surface area contributed by atoms with Crippen LogP contribution < -0.4 is 0 Å². The van der Waals surface area contributed by atoms with Crippen molar-refractivity contribution >= 4 is 21.7 Å². The number of halogens is 1. The maximum absolute atomic E-state index is 12.2. The van der Waals surface area contributed by atoms with E-state index in [9.17, 15) is 9.90 Å². The van der Waals surface area contributed by atoms with Gasteiger partial charge in [-0.1, -0.05) is 22.0 Å². The summed E-state index contributed by atoms with van der Waals surface area (Å²) in [5.74, 6) is 0.253. The van der Waals surface area contributed by atoms with E-state index in [0.717, 1.165) is 30.2 Å². The summed E-state index contributed by atoms with van der Waals surface area (Å²) < 4.78 is 1.08. The molecule has 2 nitrogen and oxygen atoms in total. The predicted molar refractivity (Wildman–Crippen MR) is 68.8 cm³/mol. The van der Waals surface area contributed by atoms with Gasteiger partial charge in [0.15, 0.2) is 0 Å². The highest BCUT2D eigenvalue weighted by Crippen LogP contribution is 2.45. The third-order valence-electron chi connectivity index (χ3n) is 4.19. The topological polar surface area (TPSA) is 37.3 Å². The van der Waals surface area contributed by atoms with Crippen molar-refractivity contribution in [2.24, 2.45) is 5.41 Å². The highest BCUT2D eigenvalue weighted by Gasteiger charge is 2.46. The molecule has 0 radical (unpaired) electrons. The van der Waals surface area contributed by atoms with E-state index in [2.05, 4.69) is 28.1 Å². The first-order valence-electron chi connectivity index (χ1n) is 6.08. The van der Waals surface area contributed by atoms with Crippen molar-refractivity contribution in [1.29, 1.82) is 0 Å². The lowest BCUT2D eigenvalue weighted by atomic mass is 9.70. The quantitative estimate of drug-likeness (QED) is 0.799. The van der Waals surface area contributed by atoms with Gasteiger partial charge in [-0.2, -0.15) is 0 Å². The number of hydrogen-bond acceptors (Lipinski definition) is 2. The Morgan fingerprint density at radius 1 is 1.29 bits per heavy atom. The fourth-order valence-corrected chi connectivity index (χ4v) is 3.62. The normalized spacial score (nSPS) is 31.9. The number of rotatable bonds is 0. The summed E-state index contributed by atoms with van der Waals surface area (Å²) in [6, 6.07) is 6.29. The zero-order valence-electron chi connectivity index (χ0n) is 9.58. The Morgan fingerprint density at radius 2 is 2.06 bits per heavy atom. The van der Waals surface area contributed by atoms with Gasteiger partial charge < -0.3 is 5.11 Å². The number of aliphatic hydroxyl groups is 1. The summed E-state index contributed by atoms with van der Waals surface area (Å²) in [5.41, 5.74) is 2.39. The maximum atomic E-state index is 12.2. The molecule has 1 spiro atoms. The van der Waals surface area contributed by atoms with Crippen LogP contribution in [0.25, 0.3) is 0 Å². The number of ketones is 1. The van der Waals surface area contributed by atoms with Crippen molar-refractivity contribution in [3.8, 4) is 0 Å². The van der Waals surface area contributed by atoms with Gasteiger partial charge in [-0.05, 0) is 48.9 Å². The minimum atomic E-state index is -0.413. The Labute approximate surface area is 109 Å². The van der Waals surface area contributed by atoms with Crippen molar-refractivity contribution in [3.05, 3.63) is 33.8 Å². The van der Waals surface area contributed by atoms with Crippen molar-refractivity contribution in [1.82, 2.24) is 0 Å². The second-order valence-electron chi connectivity index (χ2n) is 5.37. The number of Topliss-reactive ketones (excluding diaryl/α,β-unsaturated/α-hetero) is 1. The number of hydrogen-bond donors (Lipinski definition) is 1. The minimum absolute atomic E-state index is 0.206. The SMILES string of the molecule is O=C1C[C@H](O)CCC12Cc1ccc(Br)cc1C2. The van der Waals surface area contributed by atoms with Crippen molar-refractivity contribution in [2.75, 3.05) is 0 Å². The largest absolute Gasteiger partial charge is 0.393 e. The number of carbonyl (C=O) groups is 1. The highest BCUT2D eigenvalue weighted by molar-refractivity contribution is 9.10. The fourth-order valence-electron chi connectivity index (χ4n) is 3.21. The molecule has 0 aromatic heterocycles. The van der Waals surface area contributed by atoms with Crippen molar-refractivity contribution in [3.63, 3.8) is 0 Å². The molecule has 1 aromatic rings. The van der Waals surface area contributed by atoms with Crippen LogP contribution in [0.1, 0.15) is 30.4 Å². The second-order valence-corrected chi connectivity index (χ2v) is 6.28. The fraction of sp³-hybridized carbons (Fsp3) is 0.500. The van der Waals surface area contributed by atoms with Crippen LogP contribution in [0.5, 0.6) is 0 Å². The lowest BCUT2D eigenvalue weighted by Crippen LogP contribution is -2.39. The van der Waals surface area contributed by atoms with E-state index in [1.54, 1.807) is 0 Å². The molecule has 0 amide bonds. The molecular formula is C14H15BrO2. The molecule has 0 heterocycles. The molecule has 3 heteroatoms. The summed E-state index contributed by atoms with van der Waals surface area (Å²) >= 11 is 3.48. The van der Waals surface area contributed by atoms with Gasteiger partial charge >= 0.3 is 0 Å². The molecule has 2 aliphatic carbocycles. The molecular weight excluding hydrogens is 280 g/mol. The zero-order valence-corrected chi connectivity index (χ0v) is 11.2. The molecule has 1 N–H and O–H groups in total. The van der Waals surface area contributed by atoms with E-state index in [4.69, 9.17) is 0 Å². The predicted octanol–water partition coefficient (Wildman–Crippen LogP) is 2.65. The molecule has 1 saturated carbocycles. The molecule has 17 heavy (non-hydrogen) atoms. The number of benzene rings is 1. The van der Waals surface area contributed by atoms with E-state index in [1.165, 1.54) is 11.1 Å². The Balaban J connectivity index is 1.92. The Morgan fingerprint density at radius 3 is 2.82 bits per heavy atom. The van der Waals surface area contributed by atoms with Gasteiger partial charge in [0.1, 0.15) is 5.78 Å². The molecule has 0 bridgehead atoms. The van der Waals surface area contributed by atoms with E-state index in [0.29, 0.717) is 6.42 Å². The first-order valence-corrected chi connectivity index (χ1v) is 6.87. The first-order chi connectivity index (χ1) is 8.09. The van der Waals surface area contributed by atoms with E-state index in [1.807, 2.05) is 6.07 Å². The summed E-state index contributed by atoms with van der Waals surface area (Å²) in [5, 5.41) is 9.56. The summed E-state index contributed by atoms with van der Waals surface area (Å²) in [6.45, 7) is 0. The standard InChI is InChI=1S/C14H15BrO2/c15-11-2-1-9-7-14(8-10(9)5-11)4-3-12(16)6-13(14)17/h1-2,5,12,16H,3-4,6-8H2/t12-,14?/m1/s1. The van der Waals surface area contributed by atoms with Crippen LogP contribution in [0, 0.1) is 5.41 Å². The van der Waals surface area contributed by atoms with E-state index < -0.39 is 6.10 Å². The molecule has 1 unspecified atom stereocenters. The van der Waals surface area contributed by atoms with Crippen LogP contribution in [0.15, 0.2) is 22.7 Å². The van der Waals surface area contributed by atoms with Crippen LogP contribution in [0.4, 0.5) is 0 Å². The van der Waals surface area contributed by atoms with Crippen molar-refractivity contribution in [2.45, 2.75) is 38.2 Å². The van der Waals surface area contributed by atoms with Crippen LogP contribution in [0.3, 0.4) is 0 Å². The summed E-state index contributed by atoms with van der Waals surface area (Å²) in [4.78, 5) is 12.2. The average Bonchev–Trinajstić information content (AvgIpc) is 2.63. The highest BCUT2D eigenvalue weighted by atomic mass is 79.9. The third-order valence-corrected chi connectivity index (χ3v) is 4.69. The van der Waals surface area contributed by atoms with Gasteiger partial charge in [0, 0.05) is 16.3 Å². The average molecular weight is 295 g/mol. The summed E-state index contributed by atoms with van der Waals surface area (Å²) in [6.07, 6.45) is 3.24. The van der Waals surface area contributed by atoms with Crippen LogP contribution in [-0.2, 0) is 17.6 Å². The van der Waals surface area contributed by atoms with Gasteiger partial charge in [-0.25, -0.2) is 0 Å². The Hall–Kier alpha value is -0.670. The van der Waals surface area contributed by atoms with Crippen LogP contribution in [-0.4, -0.2) is 17.0 Å². The first kappa shape index (κ1) is 11.4. The van der Waals surface area contributed by atoms with Gasteiger partial charge in [0.05, 0.1) is 6.10 Å². The second kappa shape index (κ2) is 3.92. The lowest BCUT2D eigenvalue weighted by molar-refractivity contribution is -0.134. The number of fused-ring (bicyclic) bond motifs is 1. The van der Waals surface area contributed by atoms with E-state index >= 15 is 0 Å². The van der Waals surface area contributed by atoms with Gasteiger partial charge in [0.2, 0.25) is 0 Å². The molecule has 3 rings (SSSR count). The lowest BCUT2D eigenvalue weighted by Gasteiger charge is -2.33. The van der Waals surface area contributed by atoms with Gasteiger partial charge in [0.25, 0.3) is 0 Å². The minimum Gasteiger partial charge on any atom is -0.393 e.